The Balaban J connectivity index is 1.52. The molecule has 0 radical (unpaired) electrons. The summed E-state index contributed by atoms with van der Waals surface area (Å²) in [6.45, 7) is 1.32. The Bertz CT molecular complexity index is 915. The van der Waals surface area contributed by atoms with E-state index in [1.165, 1.54) is 17.4 Å². The largest absolute Gasteiger partial charge is 0.338 e. The van der Waals surface area contributed by atoms with Crippen molar-refractivity contribution in [3.63, 3.8) is 0 Å². The zero-order valence-electron chi connectivity index (χ0n) is 14.0. The van der Waals surface area contributed by atoms with E-state index < -0.39 is 0 Å². The zero-order chi connectivity index (χ0) is 17.9. The number of rotatable bonds is 3. The maximum atomic E-state index is 14.0. The van der Waals surface area contributed by atoms with E-state index in [0.29, 0.717) is 22.7 Å². The Morgan fingerprint density at radius 1 is 1.19 bits per heavy atom. The number of likely N-dealkylation sites (tertiary alicyclic amines) is 1. The van der Waals surface area contributed by atoms with Gasteiger partial charge in [-0.2, -0.15) is 0 Å². The van der Waals surface area contributed by atoms with Crippen LogP contribution in [-0.2, 0) is 0 Å². The van der Waals surface area contributed by atoms with Crippen molar-refractivity contribution in [2.75, 3.05) is 13.1 Å². The number of piperidine rings is 1. The van der Waals surface area contributed by atoms with Gasteiger partial charge in [-0.05, 0) is 37.1 Å². The molecule has 1 amide bonds. The summed E-state index contributed by atoms with van der Waals surface area (Å²) in [6.07, 6.45) is 5.10. The highest BCUT2D eigenvalue weighted by Crippen LogP contribution is 2.33. The summed E-state index contributed by atoms with van der Waals surface area (Å²) in [5.41, 5.74) is 1.06. The van der Waals surface area contributed by atoms with Crippen molar-refractivity contribution >= 4 is 17.2 Å². The van der Waals surface area contributed by atoms with Gasteiger partial charge < -0.3 is 4.90 Å². The molecule has 26 heavy (non-hydrogen) atoms. The van der Waals surface area contributed by atoms with E-state index >= 15 is 0 Å². The minimum atomic E-state index is -0.299. The van der Waals surface area contributed by atoms with Crippen molar-refractivity contribution in [1.82, 2.24) is 20.1 Å². The fourth-order valence-corrected chi connectivity index (χ4v) is 4.17. The molecule has 3 heterocycles. The van der Waals surface area contributed by atoms with Crippen molar-refractivity contribution in [3.8, 4) is 10.6 Å². The summed E-state index contributed by atoms with van der Waals surface area (Å²) in [5.74, 6) is -0.184. The molecule has 132 valence electrons. The topological polar surface area (TPSA) is 59.0 Å². The van der Waals surface area contributed by atoms with Crippen LogP contribution < -0.4 is 0 Å². The molecule has 1 aliphatic rings. The first-order valence-corrected chi connectivity index (χ1v) is 9.31. The smallest absolute Gasteiger partial charge is 0.255 e. The number of pyridine rings is 1. The minimum Gasteiger partial charge on any atom is -0.338 e. The van der Waals surface area contributed by atoms with Gasteiger partial charge in [-0.25, -0.2) is 4.39 Å². The molecule has 3 aromatic rings. The predicted octanol–water partition coefficient (Wildman–Crippen LogP) is 3.76. The first-order valence-electron chi connectivity index (χ1n) is 8.50. The summed E-state index contributed by atoms with van der Waals surface area (Å²) in [4.78, 5) is 18.5. The molecule has 0 unspecified atom stereocenters. The van der Waals surface area contributed by atoms with E-state index in [2.05, 4.69) is 15.2 Å². The van der Waals surface area contributed by atoms with Crippen LogP contribution in [0.4, 0.5) is 4.39 Å². The molecule has 1 fully saturated rings. The second-order valence-corrected chi connectivity index (χ2v) is 7.27. The van der Waals surface area contributed by atoms with Crippen LogP contribution >= 0.6 is 11.3 Å². The Hall–Kier alpha value is -2.67. The molecule has 7 heteroatoms. The van der Waals surface area contributed by atoms with Gasteiger partial charge in [0.25, 0.3) is 5.91 Å². The maximum absolute atomic E-state index is 14.0. The Morgan fingerprint density at radius 3 is 2.88 bits per heavy atom. The first kappa shape index (κ1) is 16.8. The van der Waals surface area contributed by atoms with E-state index in [9.17, 15) is 9.18 Å². The Kier molecular flexibility index (Phi) is 4.71. The highest BCUT2D eigenvalue weighted by Gasteiger charge is 2.28. The van der Waals surface area contributed by atoms with Gasteiger partial charge in [-0.15, -0.1) is 10.2 Å². The number of hydrogen-bond donors (Lipinski definition) is 0. The molecule has 1 aliphatic heterocycles. The van der Waals surface area contributed by atoms with Gasteiger partial charge in [-0.3, -0.25) is 9.78 Å². The second kappa shape index (κ2) is 7.29. The van der Waals surface area contributed by atoms with Crippen LogP contribution in [0.25, 0.3) is 10.6 Å². The molecular formula is C19H17FN4OS. The lowest BCUT2D eigenvalue weighted by Gasteiger charge is -2.31. The van der Waals surface area contributed by atoms with Crippen molar-refractivity contribution in [1.29, 1.82) is 0 Å². The number of halogens is 1. The Morgan fingerprint density at radius 2 is 2.08 bits per heavy atom. The lowest BCUT2D eigenvalue weighted by molar-refractivity contribution is 0.0706. The normalized spacial score (nSPS) is 17.3. The number of nitrogens with zero attached hydrogens (tertiary/aromatic N) is 4. The number of carbonyl (C=O) groups excluding carboxylic acids is 1. The third-order valence-electron chi connectivity index (χ3n) is 4.51. The molecule has 0 N–H and O–H groups in total. The Labute approximate surface area is 154 Å². The molecule has 1 saturated heterocycles. The van der Waals surface area contributed by atoms with Gasteiger partial charge in [0.2, 0.25) is 0 Å². The number of benzene rings is 1. The molecular weight excluding hydrogens is 351 g/mol. The monoisotopic (exact) mass is 368 g/mol. The molecule has 4 rings (SSSR count). The van der Waals surface area contributed by atoms with Gasteiger partial charge >= 0.3 is 0 Å². The van der Waals surface area contributed by atoms with Gasteiger partial charge in [0.05, 0.1) is 5.56 Å². The molecule has 0 aliphatic carbocycles. The van der Waals surface area contributed by atoms with E-state index in [1.54, 1.807) is 42.7 Å². The number of carbonyl (C=O) groups is 1. The molecule has 1 aromatic carbocycles. The second-order valence-electron chi connectivity index (χ2n) is 6.26. The summed E-state index contributed by atoms with van der Waals surface area (Å²) in [7, 11) is 0. The van der Waals surface area contributed by atoms with Crippen LogP contribution in [0.5, 0.6) is 0 Å². The van der Waals surface area contributed by atoms with Crippen LogP contribution in [0.3, 0.4) is 0 Å². The average molecular weight is 368 g/mol. The molecule has 0 spiro atoms. The third kappa shape index (κ3) is 3.35. The quantitative estimate of drug-likeness (QED) is 0.706. The highest BCUT2D eigenvalue weighted by molar-refractivity contribution is 7.14. The summed E-state index contributed by atoms with van der Waals surface area (Å²) < 4.78 is 14.0. The van der Waals surface area contributed by atoms with E-state index in [1.807, 2.05) is 4.90 Å². The maximum Gasteiger partial charge on any atom is 0.255 e. The van der Waals surface area contributed by atoms with Crippen LogP contribution in [0.15, 0.2) is 48.8 Å². The fraction of sp³-hybridized carbons (Fsp3) is 0.263. The molecule has 0 saturated carbocycles. The first-order chi connectivity index (χ1) is 12.7. The van der Waals surface area contributed by atoms with Gasteiger partial charge in [0, 0.05) is 37.0 Å². The summed E-state index contributed by atoms with van der Waals surface area (Å²) >= 11 is 1.40. The van der Waals surface area contributed by atoms with Gasteiger partial charge in [0.1, 0.15) is 10.8 Å². The molecule has 2 aromatic heterocycles. The number of hydrogen-bond acceptors (Lipinski definition) is 5. The van der Waals surface area contributed by atoms with Gasteiger partial charge in [0.15, 0.2) is 5.01 Å². The molecule has 0 bridgehead atoms. The summed E-state index contributed by atoms with van der Waals surface area (Å²) in [6, 6.07) is 10.1. The zero-order valence-corrected chi connectivity index (χ0v) is 14.8. The standard InChI is InChI=1S/C19H17FN4OS/c20-16-8-2-1-7-15(16)18-23-22-17(26-18)14-6-4-10-24(12-14)19(25)13-5-3-9-21-11-13/h1-3,5,7-9,11,14H,4,6,10,12H2/t14-/m1/s1. The molecule has 5 nitrogen and oxygen atoms in total. The average Bonchev–Trinajstić information content (AvgIpc) is 3.18. The highest BCUT2D eigenvalue weighted by atomic mass is 32.1. The summed E-state index contributed by atoms with van der Waals surface area (Å²) in [5, 5.41) is 9.87. The van der Waals surface area contributed by atoms with Gasteiger partial charge in [-0.1, -0.05) is 23.5 Å². The lowest BCUT2D eigenvalue weighted by atomic mass is 9.98. The van der Waals surface area contributed by atoms with Crippen LogP contribution in [0.2, 0.25) is 0 Å². The lowest BCUT2D eigenvalue weighted by Crippen LogP contribution is -2.39. The number of aromatic nitrogens is 3. The van der Waals surface area contributed by atoms with E-state index in [0.717, 1.165) is 24.4 Å². The SMILES string of the molecule is O=C(c1cccnc1)N1CCC[C@@H](c2nnc(-c3ccccc3F)s2)C1. The van der Waals surface area contributed by atoms with E-state index in [4.69, 9.17) is 0 Å². The van der Waals surface area contributed by atoms with Crippen molar-refractivity contribution in [3.05, 3.63) is 65.2 Å². The van der Waals surface area contributed by atoms with Crippen LogP contribution in [0, 0.1) is 5.82 Å². The van der Waals surface area contributed by atoms with E-state index in [-0.39, 0.29) is 17.6 Å². The predicted molar refractivity (Wildman–Crippen MR) is 97.4 cm³/mol. The molecule has 1 atom stereocenters. The van der Waals surface area contributed by atoms with Crippen LogP contribution in [-0.4, -0.2) is 39.1 Å². The number of amides is 1. The fourth-order valence-electron chi connectivity index (χ4n) is 3.18. The van der Waals surface area contributed by atoms with Crippen molar-refractivity contribution < 1.29 is 9.18 Å². The van der Waals surface area contributed by atoms with Crippen molar-refractivity contribution in [2.45, 2.75) is 18.8 Å². The van der Waals surface area contributed by atoms with Crippen LogP contribution in [0.1, 0.15) is 34.1 Å². The third-order valence-corrected chi connectivity index (χ3v) is 5.63. The minimum absolute atomic E-state index is 0.0124. The van der Waals surface area contributed by atoms with Crippen molar-refractivity contribution in [2.24, 2.45) is 0 Å².